The molecule has 17 nitrogen and oxygen atoms in total. The van der Waals surface area contributed by atoms with Gasteiger partial charge in [-0.05, 0) is 37.5 Å². The number of carbonyl (C=O) groups is 4. The van der Waals surface area contributed by atoms with E-state index in [1.54, 1.807) is 0 Å². The maximum atomic E-state index is 13.1. The van der Waals surface area contributed by atoms with E-state index in [-0.39, 0.29) is 25.7 Å². The van der Waals surface area contributed by atoms with E-state index in [0.717, 1.165) is 102 Å². The van der Waals surface area contributed by atoms with E-state index in [1.807, 2.05) is 0 Å². The van der Waals surface area contributed by atoms with Gasteiger partial charge in [0.05, 0.1) is 26.4 Å². The summed E-state index contributed by atoms with van der Waals surface area (Å²) in [6.07, 6.45) is 68.1. The highest BCUT2D eigenvalue weighted by Crippen LogP contribution is 2.45. The molecule has 618 valence electrons. The first-order chi connectivity index (χ1) is 50.4. The van der Waals surface area contributed by atoms with Crippen LogP contribution in [0.4, 0.5) is 0 Å². The lowest BCUT2D eigenvalue weighted by Crippen LogP contribution is -2.30. The minimum Gasteiger partial charge on any atom is -0.462 e. The molecule has 0 bridgehead atoms. The molecule has 0 saturated heterocycles. The average Bonchev–Trinajstić information content (AvgIpc) is 0.903. The summed E-state index contributed by atoms with van der Waals surface area (Å²) in [5.74, 6) is -0.361. The molecule has 0 radical (unpaired) electrons. The van der Waals surface area contributed by atoms with Crippen molar-refractivity contribution in [1.82, 2.24) is 0 Å². The van der Waals surface area contributed by atoms with Crippen molar-refractivity contribution in [2.45, 2.75) is 471 Å². The lowest BCUT2D eigenvalue weighted by molar-refractivity contribution is -0.161. The third-order valence-electron chi connectivity index (χ3n) is 20.7. The first-order valence-electron chi connectivity index (χ1n) is 44.1. The van der Waals surface area contributed by atoms with E-state index in [1.165, 1.54) is 270 Å². The van der Waals surface area contributed by atoms with Crippen LogP contribution < -0.4 is 0 Å². The van der Waals surface area contributed by atoms with Crippen LogP contribution in [-0.4, -0.2) is 96.7 Å². The van der Waals surface area contributed by atoms with Crippen molar-refractivity contribution in [3.05, 3.63) is 0 Å². The van der Waals surface area contributed by atoms with Gasteiger partial charge in [-0.1, -0.05) is 401 Å². The van der Waals surface area contributed by atoms with E-state index in [4.69, 9.17) is 37.0 Å². The minimum atomic E-state index is -4.96. The number of phosphoric ester groups is 2. The Bertz CT molecular complexity index is 2000. The molecule has 0 fully saturated rings. The summed E-state index contributed by atoms with van der Waals surface area (Å²) in [6, 6.07) is 0. The maximum absolute atomic E-state index is 13.1. The summed E-state index contributed by atoms with van der Waals surface area (Å²) in [7, 11) is -9.92. The Morgan fingerprint density at radius 3 is 0.683 bits per heavy atom. The monoisotopic (exact) mass is 1520 g/mol. The largest absolute Gasteiger partial charge is 0.472 e. The lowest BCUT2D eigenvalue weighted by atomic mass is 9.99. The van der Waals surface area contributed by atoms with Gasteiger partial charge in [0.2, 0.25) is 0 Å². The fourth-order valence-electron chi connectivity index (χ4n) is 13.2. The molecule has 0 saturated carbocycles. The molecular formula is C85H166O17P2. The molecule has 4 unspecified atom stereocenters. The number of rotatable bonds is 84. The molecule has 0 aliphatic carbocycles. The van der Waals surface area contributed by atoms with Gasteiger partial charge in [-0.15, -0.1) is 0 Å². The van der Waals surface area contributed by atoms with Crippen LogP contribution in [0.5, 0.6) is 0 Å². The fourth-order valence-corrected chi connectivity index (χ4v) is 14.8. The SMILES string of the molecule is CCCCCCCCCCCCCC(=O)O[C@H](COC(=O)CCCCCCCCCCC)COP(=O)(O)OC[C@H](O)COP(=O)(O)OC[C@@H](COC(=O)CCCCCCCCCCCCCCCCCCCCC(C)CC)OC(=O)CCCCCCCCCCCCCCCCCCCCC(C)CC. The summed E-state index contributed by atoms with van der Waals surface area (Å²) < 4.78 is 68.7. The number of carbonyl (C=O) groups excluding carboxylic acids is 4. The topological polar surface area (TPSA) is 237 Å². The minimum absolute atomic E-state index is 0.107. The molecule has 0 aliphatic rings. The Hall–Kier alpha value is -1.94. The van der Waals surface area contributed by atoms with Crippen molar-refractivity contribution in [2.24, 2.45) is 11.8 Å². The van der Waals surface area contributed by atoms with Crippen molar-refractivity contribution < 1.29 is 80.2 Å². The van der Waals surface area contributed by atoms with Crippen molar-refractivity contribution in [3.63, 3.8) is 0 Å². The molecule has 0 aromatic heterocycles. The zero-order chi connectivity index (χ0) is 76.4. The Kier molecular flexibility index (Phi) is 75.0. The number of esters is 4. The van der Waals surface area contributed by atoms with Gasteiger partial charge in [-0.3, -0.25) is 37.3 Å². The quantitative estimate of drug-likeness (QED) is 0.0222. The Labute approximate surface area is 638 Å². The normalized spacial score (nSPS) is 14.4. The fraction of sp³-hybridized carbons (Fsp3) is 0.953. The predicted molar refractivity (Wildman–Crippen MR) is 428 cm³/mol. The summed E-state index contributed by atoms with van der Waals surface area (Å²) >= 11 is 0. The number of hydrogen-bond acceptors (Lipinski definition) is 15. The molecule has 0 aromatic rings. The summed E-state index contributed by atoms with van der Waals surface area (Å²) in [4.78, 5) is 73.0. The van der Waals surface area contributed by atoms with Gasteiger partial charge in [-0.2, -0.15) is 0 Å². The lowest BCUT2D eigenvalue weighted by Gasteiger charge is -2.21. The van der Waals surface area contributed by atoms with E-state index < -0.39 is 97.5 Å². The molecule has 3 N–H and O–H groups in total. The number of aliphatic hydroxyl groups excluding tert-OH is 1. The van der Waals surface area contributed by atoms with Crippen LogP contribution in [0.1, 0.15) is 452 Å². The van der Waals surface area contributed by atoms with E-state index in [2.05, 4.69) is 41.5 Å². The second-order valence-electron chi connectivity index (χ2n) is 31.1. The third-order valence-corrected chi connectivity index (χ3v) is 22.6. The van der Waals surface area contributed by atoms with Crippen LogP contribution in [0, 0.1) is 11.8 Å². The summed E-state index contributed by atoms with van der Waals surface area (Å²) in [5, 5.41) is 10.6. The standard InChI is InChI=1S/C85H166O17P2/c1-7-11-13-15-17-19-36-45-51-57-63-69-84(89)101-80(73-95-82(87)67-61-55-49-41-18-16-14-12-8-2)75-99-103(91,92)97-71-79(86)72-98-104(93,94)100-76-81(102-85(90)70-64-58-52-46-40-35-31-27-23-21-25-29-33-38-43-48-54-60-66-78(6)10-4)74-96-83(88)68-62-56-50-44-39-34-30-26-22-20-24-28-32-37-42-47-53-59-65-77(5)9-3/h77-81,86H,7-76H2,1-6H3,(H,91,92)(H,93,94)/t77?,78?,79-,80+,81+/m0/s1. The summed E-state index contributed by atoms with van der Waals surface area (Å²) in [5.41, 5.74) is 0. The van der Waals surface area contributed by atoms with Crippen LogP contribution in [0.15, 0.2) is 0 Å². The number of aliphatic hydroxyl groups is 1. The molecule has 0 heterocycles. The molecule has 0 amide bonds. The summed E-state index contributed by atoms with van der Waals surface area (Å²) in [6.45, 7) is 9.77. The molecular weight excluding hydrogens is 1350 g/mol. The highest BCUT2D eigenvalue weighted by Gasteiger charge is 2.30. The van der Waals surface area contributed by atoms with Crippen molar-refractivity contribution in [1.29, 1.82) is 0 Å². The van der Waals surface area contributed by atoms with E-state index in [0.29, 0.717) is 25.7 Å². The molecule has 0 rings (SSSR count). The number of ether oxygens (including phenoxy) is 4. The molecule has 0 aliphatic heterocycles. The van der Waals surface area contributed by atoms with Gasteiger partial charge in [0.1, 0.15) is 19.3 Å². The van der Waals surface area contributed by atoms with Gasteiger partial charge in [0, 0.05) is 25.7 Å². The smallest absolute Gasteiger partial charge is 0.462 e. The van der Waals surface area contributed by atoms with Crippen LogP contribution in [0.2, 0.25) is 0 Å². The van der Waals surface area contributed by atoms with Gasteiger partial charge >= 0.3 is 39.5 Å². The highest BCUT2D eigenvalue weighted by atomic mass is 31.2. The van der Waals surface area contributed by atoms with Crippen molar-refractivity contribution in [2.75, 3.05) is 39.6 Å². The van der Waals surface area contributed by atoms with Crippen LogP contribution in [-0.2, 0) is 65.4 Å². The van der Waals surface area contributed by atoms with E-state index in [9.17, 15) is 43.2 Å². The molecule has 19 heteroatoms. The second kappa shape index (κ2) is 76.4. The Balaban J connectivity index is 5.16. The zero-order valence-electron chi connectivity index (χ0n) is 68.3. The molecule has 7 atom stereocenters. The second-order valence-corrected chi connectivity index (χ2v) is 34.0. The third kappa shape index (κ3) is 75.5. The first kappa shape index (κ1) is 102. The number of unbranched alkanes of at least 4 members (excludes halogenated alkanes) is 52. The van der Waals surface area contributed by atoms with Gasteiger partial charge in [-0.25, -0.2) is 9.13 Å². The van der Waals surface area contributed by atoms with Crippen LogP contribution >= 0.6 is 15.6 Å². The van der Waals surface area contributed by atoms with Crippen LogP contribution in [0.25, 0.3) is 0 Å². The number of hydrogen-bond donors (Lipinski definition) is 3. The van der Waals surface area contributed by atoms with E-state index >= 15 is 0 Å². The zero-order valence-corrected chi connectivity index (χ0v) is 70.1. The Morgan fingerprint density at radius 1 is 0.269 bits per heavy atom. The van der Waals surface area contributed by atoms with Gasteiger partial charge < -0.3 is 33.8 Å². The molecule has 0 aromatic carbocycles. The van der Waals surface area contributed by atoms with Crippen molar-refractivity contribution in [3.8, 4) is 0 Å². The number of phosphoric acid groups is 2. The first-order valence-corrected chi connectivity index (χ1v) is 47.1. The van der Waals surface area contributed by atoms with Crippen molar-refractivity contribution >= 4 is 39.5 Å². The Morgan fingerprint density at radius 2 is 0.462 bits per heavy atom. The predicted octanol–water partition coefficient (Wildman–Crippen LogP) is 25.8. The van der Waals surface area contributed by atoms with Crippen LogP contribution in [0.3, 0.4) is 0 Å². The molecule has 104 heavy (non-hydrogen) atoms. The highest BCUT2D eigenvalue weighted by molar-refractivity contribution is 7.47. The average molecular weight is 1520 g/mol. The van der Waals surface area contributed by atoms with Gasteiger partial charge in [0.25, 0.3) is 0 Å². The maximum Gasteiger partial charge on any atom is 0.472 e. The molecule has 0 spiro atoms. The van der Waals surface area contributed by atoms with Gasteiger partial charge in [0.15, 0.2) is 12.2 Å².